The molecule has 1 heterocycles. The van der Waals surface area contributed by atoms with Crippen LogP contribution in [-0.4, -0.2) is 33.8 Å². The lowest BCUT2D eigenvalue weighted by Crippen LogP contribution is -2.15. The Balaban J connectivity index is 2.87. The van der Waals surface area contributed by atoms with E-state index in [4.69, 9.17) is 0 Å². The van der Waals surface area contributed by atoms with Crippen molar-refractivity contribution in [2.75, 3.05) is 13.6 Å². The van der Waals surface area contributed by atoms with Gasteiger partial charge in [-0.05, 0) is 14.0 Å². The van der Waals surface area contributed by atoms with Gasteiger partial charge in [0.15, 0.2) is 8.53 Å². The van der Waals surface area contributed by atoms with Gasteiger partial charge in [-0.2, -0.15) is 0 Å². The summed E-state index contributed by atoms with van der Waals surface area (Å²) in [5.74, 6) is 0. The Morgan fingerprint density at radius 1 is 1.56 bits per heavy atom. The van der Waals surface area contributed by atoms with Crippen LogP contribution in [0.25, 0.3) is 0 Å². The number of aryl methyl sites for hydroxylation is 1. The lowest BCUT2D eigenvalue weighted by Gasteiger charge is -2.04. The maximum atomic E-state index is 11.1. The van der Waals surface area contributed by atoms with E-state index in [1.807, 2.05) is 14.0 Å². The van der Waals surface area contributed by atoms with Gasteiger partial charge in [-0.15, -0.1) is 0 Å². The quantitative estimate of drug-likeness (QED) is 0.491. The summed E-state index contributed by atoms with van der Waals surface area (Å²) in [4.78, 5) is 8.38. The zero-order valence-electron chi connectivity index (χ0n) is 9.11. The van der Waals surface area contributed by atoms with Crippen LogP contribution in [0, 0.1) is 6.92 Å². The molecule has 88 valence electrons. The molecule has 5 nitrogen and oxygen atoms in total. The largest absolute Gasteiger partial charge is 0.583 e. The normalized spacial score (nSPS) is 13.9. The van der Waals surface area contributed by atoms with Crippen LogP contribution in [0.3, 0.4) is 0 Å². The molecule has 1 aromatic rings. The molecule has 0 amide bonds. The van der Waals surface area contributed by atoms with Crippen LogP contribution in [0.1, 0.15) is 17.8 Å². The van der Waals surface area contributed by atoms with Gasteiger partial charge >= 0.3 is 0 Å². The first-order chi connectivity index (χ1) is 7.63. The van der Waals surface area contributed by atoms with Gasteiger partial charge in [0.25, 0.3) is 21.2 Å². The highest BCUT2D eigenvalue weighted by Crippen LogP contribution is 2.09. The van der Waals surface area contributed by atoms with E-state index < -0.39 is 8.53 Å². The van der Waals surface area contributed by atoms with Crippen LogP contribution in [0.2, 0.25) is 0 Å². The standard InChI is InChI=1S/C9H13IN4OS/c1-7-5-13-9(6-12-7)8(3-4-11-2)14-16(10)15/h5-6,11H,3-4H2,1-2H3/b14-8+/t16-/m1/s1. The van der Waals surface area contributed by atoms with Gasteiger partial charge in [0.05, 0.1) is 11.9 Å². The third-order valence-corrected chi connectivity index (χ3v) is 2.83. The van der Waals surface area contributed by atoms with Crippen molar-refractivity contribution in [2.24, 2.45) is 4.40 Å². The number of nitrogens with zero attached hydrogens (tertiary/aromatic N) is 3. The number of hydrogen-bond donors (Lipinski definition) is 1. The molecule has 1 aromatic heterocycles. The molecule has 0 aliphatic rings. The molecule has 0 saturated heterocycles. The average molecular weight is 352 g/mol. The summed E-state index contributed by atoms with van der Waals surface area (Å²) in [5.41, 5.74) is 2.26. The van der Waals surface area contributed by atoms with Crippen molar-refractivity contribution in [3.05, 3.63) is 23.8 Å². The highest BCUT2D eigenvalue weighted by atomic mass is 127. The summed E-state index contributed by atoms with van der Waals surface area (Å²) in [7, 11) is 0.618. The Bertz CT molecular complexity index is 355. The Labute approximate surface area is 110 Å². The van der Waals surface area contributed by atoms with Gasteiger partial charge in [0.1, 0.15) is 11.4 Å². The topological polar surface area (TPSA) is 73.2 Å². The van der Waals surface area contributed by atoms with Crippen LogP contribution in [-0.2, 0) is 8.53 Å². The summed E-state index contributed by atoms with van der Waals surface area (Å²) in [5, 5.41) is 3.02. The SMILES string of the molecule is CNCC/C(=N\[S@+]([O-])I)c1cnc(C)cn1. The maximum absolute atomic E-state index is 11.1. The molecule has 0 radical (unpaired) electrons. The van der Waals surface area contributed by atoms with Crippen LogP contribution in [0.5, 0.6) is 0 Å². The fraction of sp³-hybridized carbons (Fsp3) is 0.444. The molecule has 0 aliphatic heterocycles. The minimum Gasteiger partial charge on any atom is -0.583 e. The van der Waals surface area contributed by atoms with Crippen LogP contribution >= 0.6 is 21.2 Å². The van der Waals surface area contributed by atoms with Gasteiger partial charge in [0.2, 0.25) is 0 Å². The second-order valence-electron chi connectivity index (χ2n) is 3.14. The Morgan fingerprint density at radius 2 is 2.31 bits per heavy atom. The number of hydrogen-bond acceptors (Lipinski definition) is 5. The van der Waals surface area contributed by atoms with Crippen molar-refractivity contribution in [1.29, 1.82) is 0 Å². The molecule has 0 saturated carbocycles. The molecule has 0 aromatic carbocycles. The lowest BCUT2D eigenvalue weighted by atomic mass is 10.2. The first-order valence-electron chi connectivity index (χ1n) is 4.73. The summed E-state index contributed by atoms with van der Waals surface area (Å²) < 4.78 is 15.1. The molecule has 0 fully saturated rings. The smallest absolute Gasteiger partial charge is 0.283 e. The van der Waals surface area contributed by atoms with Gasteiger partial charge in [-0.25, -0.2) is 0 Å². The molecule has 0 spiro atoms. The first-order valence-corrected chi connectivity index (χ1v) is 8.37. The van der Waals surface area contributed by atoms with Crippen molar-refractivity contribution >= 4 is 35.5 Å². The van der Waals surface area contributed by atoms with Crippen LogP contribution < -0.4 is 5.32 Å². The minimum atomic E-state index is -1.24. The fourth-order valence-electron chi connectivity index (χ4n) is 1.09. The summed E-state index contributed by atoms with van der Waals surface area (Å²) in [6, 6.07) is 0. The molecule has 16 heavy (non-hydrogen) atoms. The average Bonchev–Trinajstić information content (AvgIpc) is 2.25. The number of rotatable bonds is 5. The van der Waals surface area contributed by atoms with Crippen LogP contribution in [0.4, 0.5) is 0 Å². The Morgan fingerprint density at radius 3 is 2.81 bits per heavy atom. The van der Waals surface area contributed by atoms with Crippen molar-refractivity contribution < 1.29 is 4.55 Å². The van der Waals surface area contributed by atoms with Crippen molar-refractivity contribution in [3.63, 3.8) is 0 Å². The zero-order valence-corrected chi connectivity index (χ0v) is 12.1. The molecule has 1 rings (SSSR count). The van der Waals surface area contributed by atoms with E-state index in [0.29, 0.717) is 12.1 Å². The van der Waals surface area contributed by atoms with E-state index >= 15 is 0 Å². The molecular formula is C9H13IN4OS. The Kier molecular flexibility index (Phi) is 6.17. The van der Waals surface area contributed by atoms with Crippen molar-refractivity contribution in [1.82, 2.24) is 15.3 Å². The monoisotopic (exact) mass is 352 g/mol. The maximum Gasteiger partial charge on any atom is 0.283 e. The molecule has 0 unspecified atom stereocenters. The second-order valence-corrected chi connectivity index (χ2v) is 6.00. The second kappa shape index (κ2) is 7.15. The van der Waals surface area contributed by atoms with Gasteiger partial charge < -0.3 is 9.87 Å². The van der Waals surface area contributed by atoms with E-state index in [2.05, 4.69) is 19.7 Å². The molecule has 1 atom stereocenters. The van der Waals surface area contributed by atoms with Crippen molar-refractivity contribution in [2.45, 2.75) is 13.3 Å². The van der Waals surface area contributed by atoms with E-state index in [9.17, 15) is 4.55 Å². The molecular weight excluding hydrogens is 339 g/mol. The van der Waals surface area contributed by atoms with Gasteiger partial charge in [-0.3, -0.25) is 9.97 Å². The van der Waals surface area contributed by atoms with Crippen molar-refractivity contribution in [3.8, 4) is 0 Å². The predicted molar refractivity (Wildman–Crippen MR) is 74.0 cm³/mol. The van der Waals surface area contributed by atoms with E-state index in [0.717, 1.165) is 18.0 Å². The van der Waals surface area contributed by atoms with Gasteiger partial charge in [0, 0.05) is 19.2 Å². The molecule has 0 bridgehead atoms. The lowest BCUT2D eigenvalue weighted by molar-refractivity contribution is 0.613. The van der Waals surface area contributed by atoms with Gasteiger partial charge in [-0.1, -0.05) is 4.40 Å². The molecule has 0 aliphatic carbocycles. The van der Waals surface area contributed by atoms with E-state index in [1.165, 1.54) is 0 Å². The number of halogens is 1. The highest BCUT2D eigenvalue weighted by molar-refractivity contribution is 14.2. The van der Waals surface area contributed by atoms with E-state index in [-0.39, 0.29) is 0 Å². The molecule has 1 N–H and O–H groups in total. The number of nitrogens with one attached hydrogen (secondary N) is 1. The zero-order chi connectivity index (χ0) is 12.0. The van der Waals surface area contributed by atoms with Crippen LogP contribution in [0.15, 0.2) is 16.8 Å². The predicted octanol–water partition coefficient (Wildman–Crippen LogP) is 1.20. The Hall–Kier alpha value is -0.250. The summed E-state index contributed by atoms with van der Waals surface area (Å²) in [6.07, 6.45) is 4.02. The summed E-state index contributed by atoms with van der Waals surface area (Å²) in [6.45, 7) is 2.64. The first kappa shape index (κ1) is 13.8. The minimum absolute atomic E-state index is 0.684. The third kappa shape index (κ3) is 4.73. The number of aromatic nitrogens is 2. The third-order valence-electron chi connectivity index (χ3n) is 1.87. The fourth-order valence-corrected chi connectivity index (χ4v) is 2.16. The van der Waals surface area contributed by atoms with E-state index in [1.54, 1.807) is 33.6 Å². The summed E-state index contributed by atoms with van der Waals surface area (Å²) >= 11 is 1.76. The molecule has 7 heteroatoms. The highest BCUT2D eigenvalue weighted by Gasteiger charge is 2.10.